The number of allylic oxidation sites excluding steroid dienone is 1. The van der Waals surface area contributed by atoms with E-state index in [2.05, 4.69) is 22.1 Å². The van der Waals surface area contributed by atoms with Crippen LogP contribution in [-0.4, -0.2) is 31.5 Å². The van der Waals surface area contributed by atoms with E-state index in [4.69, 9.17) is 18.3 Å². The molecule has 1 fully saturated rings. The van der Waals surface area contributed by atoms with Crippen molar-refractivity contribution >= 4 is 31.5 Å². The number of carbonyl (C=O) groups excluding carboxylic acids is 1. The van der Waals surface area contributed by atoms with Gasteiger partial charge in [-0.3, -0.25) is 9.32 Å². The highest BCUT2D eigenvalue weighted by Gasteiger charge is 2.28. The molecule has 0 saturated heterocycles. The number of fused-ring (bicyclic) bond motifs is 1. The quantitative estimate of drug-likeness (QED) is 0.119. The molecule has 5 rings (SSSR count). The highest BCUT2D eigenvalue weighted by Crippen LogP contribution is 2.47. The number of benzene rings is 1. The van der Waals surface area contributed by atoms with Crippen LogP contribution >= 0.6 is 8.60 Å². The summed E-state index contributed by atoms with van der Waals surface area (Å²) in [5.74, 6) is 1.87. The number of nitrogens with zero attached hydrogens (tertiary/aromatic N) is 3. The highest BCUT2D eigenvalue weighted by atomic mass is 31.2. The first-order valence-corrected chi connectivity index (χ1v) is 17.1. The molecule has 4 aromatic rings. The summed E-state index contributed by atoms with van der Waals surface area (Å²) in [7, 11) is -1.57. The van der Waals surface area contributed by atoms with E-state index >= 15 is 0 Å². The molecule has 0 atom stereocenters. The zero-order valence-corrected chi connectivity index (χ0v) is 29.0. The molecule has 9 heteroatoms. The third kappa shape index (κ3) is 10.0. The van der Waals surface area contributed by atoms with Crippen LogP contribution in [0.4, 0.5) is 0 Å². The molecule has 3 aromatic heterocycles. The molecule has 0 aliphatic heterocycles. The maximum atomic E-state index is 13.3. The summed E-state index contributed by atoms with van der Waals surface area (Å²) in [6, 6.07) is 15.9. The molecule has 0 unspecified atom stereocenters. The fourth-order valence-electron chi connectivity index (χ4n) is 5.28. The number of pyridine rings is 2. The largest absolute Gasteiger partial charge is 0.439 e. The molecule has 1 aromatic carbocycles. The molecule has 0 amide bonds. The number of aryl methyl sites for hydroxylation is 1. The van der Waals surface area contributed by atoms with Crippen LogP contribution in [0.1, 0.15) is 95.1 Å². The predicted molar refractivity (Wildman–Crippen MR) is 184 cm³/mol. The second kappa shape index (κ2) is 14.6. The molecule has 1 aliphatic carbocycles. The molecule has 0 radical (unpaired) electrons. The van der Waals surface area contributed by atoms with E-state index in [-0.39, 0.29) is 12.5 Å². The summed E-state index contributed by atoms with van der Waals surface area (Å²) in [4.78, 5) is 22.3. The van der Waals surface area contributed by atoms with Crippen LogP contribution in [0.15, 0.2) is 72.7 Å². The van der Waals surface area contributed by atoms with Crippen LogP contribution in [0, 0.1) is 12.8 Å². The Labute approximate surface area is 274 Å². The Morgan fingerprint density at radius 3 is 2.37 bits per heavy atom. The van der Waals surface area contributed by atoms with Gasteiger partial charge in [-0.15, -0.1) is 0 Å². The van der Waals surface area contributed by atoms with Crippen molar-refractivity contribution in [3.63, 3.8) is 0 Å². The number of hydrogen-bond donors (Lipinski definition) is 0. The van der Waals surface area contributed by atoms with Crippen molar-refractivity contribution in [3.05, 3.63) is 89.4 Å². The zero-order chi connectivity index (χ0) is 32.9. The van der Waals surface area contributed by atoms with Crippen LogP contribution in [0.2, 0.25) is 0 Å². The van der Waals surface area contributed by atoms with Crippen LogP contribution in [0.3, 0.4) is 0 Å². The van der Waals surface area contributed by atoms with Crippen molar-refractivity contribution < 1.29 is 23.1 Å². The Morgan fingerprint density at radius 2 is 1.70 bits per heavy atom. The maximum absolute atomic E-state index is 13.3. The number of rotatable bonds is 11. The van der Waals surface area contributed by atoms with Gasteiger partial charge in [0.25, 0.3) is 0 Å². The third-order valence-electron chi connectivity index (χ3n) is 7.48. The fraction of sp³-hybridized carbons (Fsp3) is 0.432. The van der Waals surface area contributed by atoms with Crippen molar-refractivity contribution in [3.8, 4) is 11.6 Å². The minimum atomic E-state index is -1.57. The number of hydrogen-bond acceptors (Lipinski definition) is 7. The maximum Gasteiger partial charge on any atom is 0.335 e. The third-order valence-corrected chi connectivity index (χ3v) is 9.20. The van der Waals surface area contributed by atoms with Gasteiger partial charge < -0.3 is 18.4 Å². The lowest BCUT2D eigenvalue weighted by Crippen LogP contribution is -2.23. The highest BCUT2D eigenvalue weighted by molar-refractivity contribution is 7.41. The molecule has 0 spiro atoms. The first kappa shape index (κ1) is 33.9. The fourth-order valence-corrected chi connectivity index (χ4v) is 6.53. The molecule has 0 N–H and O–H groups in total. The van der Waals surface area contributed by atoms with E-state index in [9.17, 15) is 4.79 Å². The minimum Gasteiger partial charge on any atom is -0.439 e. The minimum absolute atomic E-state index is 0.145. The van der Waals surface area contributed by atoms with Gasteiger partial charge in [0, 0.05) is 42.0 Å². The topological polar surface area (TPSA) is 84.7 Å². The Hall–Kier alpha value is -3.42. The van der Waals surface area contributed by atoms with E-state index in [1.54, 1.807) is 12.4 Å². The zero-order valence-electron chi connectivity index (χ0n) is 28.1. The van der Waals surface area contributed by atoms with Gasteiger partial charge in [0.1, 0.15) is 18.1 Å². The van der Waals surface area contributed by atoms with Crippen molar-refractivity contribution in [2.45, 2.75) is 98.5 Å². The summed E-state index contributed by atoms with van der Waals surface area (Å²) >= 11 is 0. The number of carbonyl (C=O) groups is 1. The molecule has 8 nitrogen and oxygen atoms in total. The van der Waals surface area contributed by atoms with Crippen LogP contribution in [0.5, 0.6) is 11.6 Å². The smallest absolute Gasteiger partial charge is 0.335 e. The number of Topliss-reactive ketones (excluding diaryl/α,β-unsaturated/α-hetero) is 1. The van der Waals surface area contributed by atoms with Gasteiger partial charge in [-0.25, -0.2) is 9.97 Å². The second-order valence-corrected chi connectivity index (χ2v) is 15.1. The molecule has 0 bridgehead atoms. The standard InChI is InChI=1S/C37H46N3O5P/c1-26-11-16-34(38-23-26)43-32-10-8-9-29(20-32)19-27-12-14-28(15-13-27)21-33(41)31-22-30-17-18-40(35(30)39-24-31)25-42-46(44-36(2,3)4)45-37(5,6)7/h8-11,16-20,22-24,28H,12-15,21,25H2,1-7H3. The molecular formula is C37H46N3O5P. The molecule has 46 heavy (non-hydrogen) atoms. The first-order chi connectivity index (χ1) is 21.8. The van der Waals surface area contributed by atoms with Crippen LogP contribution in [-0.2, 0) is 20.3 Å². The van der Waals surface area contributed by atoms with Crippen molar-refractivity contribution in [2.75, 3.05) is 0 Å². The monoisotopic (exact) mass is 643 g/mol. The van der Waals surface area contributed by atoms with Crippen molar-refractivity contribution in [2.24, 2.45) is 5.92 Å². The Bertz CT molecular complexity index is 1640. The van der Waals surface area contributed by atoms with Gasteiger partial charge in [0.05, 0.1) is 11.2 Å². The molecular weight excluding hydrogens is 597 g/mol. The van der Waals surface area contributed by atoms with Gasteiger partial charge in [-0.05, 0) is 115 Å². The van der Waals surface area contributed by atoms with E-state index in [0.717, 1.165) is 53.6 Å². The summed E-state index contributed by atoms with van der Waals surface area (Å²) in [6.07, 6.45) is 12.2. The van der Waals surface area contributed by atoms with E-state index in [1.807, 2.05) is 102 Å². The van der Waals surface area contributed by atoms with E-state index in [1.165, 1.54) is 5.57 Å². The predicted octanol–water partition coefficient (Wildman–Crippen LogP) is 10.2. The average molecular weight is 644 g/mol. The Morgan fingerprint density at radius 1 is 0.957 bits per heavy atom. The molecule has 3 heterocycles. The van der Waals surface area contributed by atoms with Crippen LogP contribution in [0.25, 0.3) is 17.1 Å². The second-order valence-electron chi connectivity index (χ2n) is 14.0. The van der Waals surface area contributed by atoms with Crippen molar-refractivity contribution in [1.82, 2.24) is 14.5 Å². The van der Waals surface area contributed by atoms with Gasteiger partial charge in [-0.1, -0.05) is 29.8 Å². The summed E-state index contributed by atoms with van der Waals surface area (Å²) in [6.45, 7) is 14.1. The molecule has 1 saturated carbocycles. The normalized spacial score (nSPS) is 15.8. The first-order valence-electron chi connectivity index (χ1n) is 16.0. The lowest BCUT2D eigenvalue weighted by Gasteiger charge is -2.30. The van der Waals surface area contributed by atoms with Gasteiger partial charge >= 0.3 is 8.60 Å². The lowest BCUT2D eigenvalue weighted by atomic mass is 9.82. The number of ether oxygens (including phenoxy) is 1. The van der Waals surface area contributed by atoms with Gasteiger partial charge in [0.15, 0.2) is 5.78 Å². The van der Waals surface area contributed by atoms with E-state index in [0.29, 0.717) is 23.8 Å². The lowest BCUT2D eigenvalue weighted by molar-refractivity contribution is 0.0240. The molecule has 244 valence electrons. The number of ketones is 1. The van der Waals surface area contributed by atoms with Crippen LogP contribution < -0.4 is 4.74 Å². The van der Waals surface area contributed by atoms with Crippen molar-refractivity contribution in [1.29, 1.82) is 0 Å². The SMILES string of the molecule is Cc1ccc(Oc2cccc(C=C3CCC(CC(=O)c4cnc5c(ccn5COP(OC(C)(C)C)OC(C)(C)C)c4)CC3)c2)nc1. The molecule has 1 aliphatic rings. The Kier molecular flexibility index (Phi) is 10.7. The summed E-state index contributed by atoms with van der Waals surface area (Å²) < 4.78 is 26.0. The van der Waals surface area contributed by atoms with E-state index < -0.39 is 19.8 Å². The average Bonchev–Trinajstić information content (AvgIpc) is 3.39. The summed E-state index contributed by atoms with van der Waals surface area (Å²) in [5.41, 5.74) is 4.23. The number of aromatic nitrogens is 3. The Balaban J connectivity index is 1.14. The van der Waals surface area contributed by atoms with Gasteiger partial charge in [0.2, 0.25) is 5.88 Å². The summed E-state index contributed by atoms with van der Waals surface area (Å²) in [5, 5.41) is 0.908. The van der Waals surface area contributed by atoms with Gasteiger partial charge in [-0.2, -0.15) is 0 Å².